The Kier molecular flexibility index (Phi) is 2.49. The van der Waals surface area contributed by atoms with Crippen LogP contribution in [0.25, 0.3) is 5.65 Å². The van der Waals surface area contributed by atoms with Gasteiger partial charge in [-0.3, -0.25) is 0 Å². The lowest BCUT2D eigenvalue weighted by molar-refractivity contribution is 0.821. The van der Waals surface area contributed by atoms with E-state index in [4.69, 9.17) is 11.6 Å². The molecule has 3 nitrogen and oxygen atoms in total. The highest BCUT2D eigenvalue weighted by Gasteiger charge is 2.10. The Bertz CT molecular complexity index is 478. The van der Waals surface area contributed by atoms with Crippen LogP contribution in [0.1, 0.15) is 25.3 Å². The predicted octanol–water partition coefficient (Wildman–Crippen LogP) is 3.27. The van der Waals surface area contributed by atoms with Crippen LogP contribution in [0.4, 0.5) is 0 Å². The van der Waals surface area contributed by atoms with E-state index in [1.165, 1.54) is 0 Å². The summed E-state index contributed by atoms with van der Waals surface area (Å²) in [7, 11) is 0. The molecule has 2 aromatic rings. The van der Waals surface area contributed by atoms with Gasteiger partial charge in [-0.15, -0.1) is 0 Å². The molecule has 0 unspecified atom stereocenters. The summed E-state index contributed by atoms with van der Waals surface area (Å²) in [4.78, 5) is 4.29. The van der Waals surface area contributed by atoms with Gasteiger partial charge in [0.15, 0.2) is 10.8 Å². The van der Waals surface area contributed by atoms with Crippen molar-refractivity contribution in [3.63, 3.8) is 0 Å². The molecule has 0 N–H and O–H groups in total. The van der Waals surface area contributed by atoms with Crippen LogP contribution in [-0.4, -0.2) is 14.6 Å². The molecule has 14 heavy (non-hydrogen) atoms. The SMILES string of the molecule is CC(C)c1cnc2c(Br)c(Cl)nn2c1. The molecule has 2 aromatic heterocycles. The molecule has 0 aliphatic heterocycles. The molecular formula is C9H9BrClN3. The maximum Gasteiger partial charge on any atom is 0.170 e. The summed E-state index contributed by atoms with van der Waals surface area (Å²) in [6.45, 7) is 4.23. The van der Waals surface area contributed by atoms with Crippen molar-refractivity contribution >= 4 is 33.2 Å². The predicted molar refractivity (Wildman–Crippen MR) is 59.8 cm³/mol. The third kappa shape index (κ3) is 1.53. The second kappa shape index (κ2) is 3.51. The van der Waals surface area contributed by atoms with Crippen molar-refractivity contribution < 1.29 is 0 Å². The molecule has 0 amide bonds. The fourth-order valence-corrected chi connectivity index (χ4v) is 1.72. The first-order valence-electron chi connectivity index (χ1n) is 4.29. The minimum atomic E-state index is 0.439. The van der Waals surface area contributed by atoms with E-state index in [-0.39, 0.29) is 0 Å². The molecule has 0 saturated carbocycles. The van der Waals surface area contributed by atoms with Gasteiger partial charge < -0.3 is 0 Å². The number of hydrogen-bond donors (Lipinski definition) is 0. The van der Waals surface area contributed by atoms with Gasteiger partial charge in [-0.2, -0.15) is 5.10 Å². The Labute approximate surface area is 95.2 Å². The molecule has 0 radical (unpaired) electrons. The third-order valence-electron chi connectivity index (χ3n) is 2.06. The first-order valence-corrected chi connectivity index (χ1v) is 5.46. The van der Waals surface area contributed by atoms with Gasteiger partial charge in [0, 0.05) is 12.4 Å². The Morgan fingerprint density at radius 2 is 2.21 bits per heavy atom. The van der Waals surface area contributed by atoms with Crippen LogP contribution in [-0.2, 0) is 0 Å². The lowest BCUT2D eigenvalue weighted by Crippen LogP contribution is -1.95. The lowest BCUT2D eigenvalue weighted by Gasteiger charge is -2.03. The maximum atomic E-state index is 5.87. The molecule has 0 aliphatic carbocycles. The topological polar surface area (TPSA) is 30.2 Å². The fraction of sp³-hybridized carbons (Fsp3) is 0.333. The second-order valence-electron chi connectivity index (χ2n) is 3.41. The molecular weight excluding hydrogens is 265 g/mol. The van der Waals surface area contributed by atoms with Crippen molar-refractivity contribution in [3.05, 3.63) is 27.6 Å². The number of nitrogens with zero attached hydrogens (tertiary/aromatic N) is 3. The molecule has 2 rings (SSSR count). The van der Waals surface area contributed by atoms with E-state index in [2.05, 4.69) is 39.9 Å². The van der Waals surface area contributed by atoms with Crippen LogP contribution in [0.3, 0.4) is 0 Å². The van der Waals surface area contributed by atoms with Gasteiger partial charge in [0.2, 0.25) is 0 Å². The molecule has 0 saturated heterocycles. The van der Waals surface area contributed by atoms with Crippen LogP contribution in [0, 0.1) is 0 Å². The van der Waals surface area contributed by atoms with Crippen molar-refractivity contribution in [2.24, 2.45) is 0 Å². The zero-order chi connectivity index (χ0) is 10.3. The normalized spacial score (nSPS) is 11.5. The average Bonchev–Trinajstić information content (AvgIpc) is 2.42. The standard InChI is InChI=1S/C9H9BrClN3/c1-5(2)6-3-12-9-7(10)8(11)13-14(9)4-6/h3-5H,1-2H3. The van der Waals surface area contributed by atoms with Crippen LogP contribution in [0.2, 0.25) is 5.15 Å². The van der Waals surface area contributed by atoms with Crippen molar-refractivity contribution in [3.8, 4) is 0 Å². The van der Waals surface area contributed by atoms with E-state index in [9.17, 15) is 0 Å². The average molecular weight is 275 g/mol. The summed E-state index contributed by atoms with van der Waals surface area (Å²) >= 11 is 9.20. The zero-order valence-corrected chi connectivity index (χ0v) is 10.2. The summed E-state index contributed by atoms with van der Waals surface area (Å²) in [5.41, 5.74) is 1.89. The molecule has 5 heteroatoms. The van der Waals surface area contributed by atoms with Gasteiger partial charge >= 0.3 is 0 Å². The molecule has 0 aromatic carbocycles. The molecule has 74 valence electrons. The van der Waals surface area contributed by atoms with Gasteiger partial charge in [-0.25, -0.2) is 9.50 Å². The number of aromatic nitrogens is 3. The number of hydrogen-bond acceptors (Lipinski definition) is 2. The van der Waals surface area contributed by atoms with Gasteiger partial charge in [-0.1, -0.05) is 25.4 Å². The van der Waals surface area contributed by atoms with E-state index < -0.39 is 0 Å². The van der Waals surface area contributed by atoms with E-state index in [1.54, 1.807) is 4.52 Å². The minimum Gasteiger partial charge on any atom is -0.236 e. The largest absolute Gasteiger partial charge is 0.236 e. The smallest absolute Gasteiger partial charge is 0.170 e. The fourth-order valence-electron chi connectivity index (χ4n) is 1.19. The van der Waals surface area contributed by atoms with Crippen molar-refractivity contribution in [1.82, 2.24) is 14.6 Å². The number of fused-ring (bicyclic) bond motifs is 1. The summed E-state index contributed by atoms with van der Waals surface area (Å²) in [6, 6.07) is 0. The Hall–Kier alpha value is -0.610. The van der Waals surface area contributed by atoms with E-state index in [0.29, 0.717) is 11.1 Å². The third-order valence-corrected chi connectivity index (χ3v) is 3.29. The van der Waals surface area contributed by atoms with Crippen molar-refractivity contribution in [2.45, 2.75) is 19.8 Å². The maximum absolute atomic E-state index is 5.87. The summed E-state index contributed by atoms with van der Waals surface area (Å²) in [5, 5.41) is 4.57. The highest BCUT2D eigenvalue weighted by atomic mass is 79.9. The van der Waals surface area contributed by atoms with Crippen LogP contribution < -0.4 is 0 Å². The van der Waals surface area contributed by atoms with E-state index in [0.717, 1.165) is 15.7 Å². The molecule has 0 fully saturated rings. The van der Waals surface area contributed by atoms with Gasteiger partial charge in [-0.05, 0) is 27.4 Å². The quantitative estimate of drug-likeness (QED) is 0.799. The Balaban J connectivity index is 2.67. The number of halogens is 2. The van der Waals surface area contributed by atoms with Crippen LogP contribution in [0.15, 0.2) is 16.9 Å². The molecule has 2 heterocycles. The first kappa shape index (κ1) is 9.93. The number of rotatable bonds is 1. The summed E-state index contributed by atoms with van der Waals surface area (Å²) in [6.07, 6.45) is 3.80. The monoisotopic (exact) mass is 273 g/mol. The highest BCUT2D eigenvalue weighted by molar-refractivity contribution is 9.10. The Morgan fingerprint density at radius 3 is 2.86 bits per heavy atom. The first-order chi connectivity index (χ1) is 6.59. The molecule has 0 spiro atoms. The minimum absolute atomic E-state index is 0.439. The van der Waals surface area contributed by atoms with E-state index >= 15 is 0 Å². The molecule has 0 bridgehead atoms. The lowest BCUT2D eigenvalue weighted by atomic mass is 10.1. The molecule has 0 aliphatic rings. The Morgan fingerprint density at radius 1 is 1.50 bits per heavy atom. The van der Waals surface area contributed by atoms with Gasteiger partial charge in [0.05, 0.1) is 0 Å². The van der Waals surface area contributed by atoms with Gasteiger partial charge in [0.25, 0.3) is 0 Å². The molecule has 0 atom stereocenters. The van der Waals surface area contributed by atoms with Crippen molar-refractivity contribution in [2.75, 3.05) is 0 Å². The van der Waals surface area contributed by atoms with Crippen LogP contribution in [0.5, 0.6) is 0 Å². The second-order valence-corrected chi connectivity index (χ2v) is 4.57. The summed E-state index contributed by atoms with van der Waals surface area (Å²) < 4.78 is 2.44. The van der Waals surface area contributed by atoms with Crippen LogP contribution >= 0.6 is 27.5 Å². The van der Waals surface area contributed by atoms with Gasteiger partial charge in [0.1, 0.15) is 4.47 Å². The highest BCUT2D eigenvalue weighted by Crippen LogP contribution is 2.25. The van der Waals surface area contributed by atoms with Crippen molar-refractivity contribution in [1.29, 1.82) is 0 Å². The zero-order valence-electron chi connectivity index (χ0n) is 7.83. The van der Waals surface area contributed by atoms with E-state index in [1.807, 2.05) is 12.4 Å². The summed E-state index contributed by atoms with van der Waals surface area (Å²) in [5.74, 6) is 0.439.